The molecule has 0 saturated carbocycles. The highest BCUT2D eigenvalue weighted by Crippen LogP contribution is 2.29. The minimum absolute atomic E-state index is 0.131. The van der Waals surface area contributed by atoms with E-state index in [0.717, 1.165) is 17.0 Å². The largest absolute Gasteiger partial charge is 0.497 e. The zero-order valence-corrected chi connectivity index (χ0v) is 19.4. The molecule has 172 valence electrons. The van der Waals surface area contributed by atoms with Gasteiger partial charge in [0.2, 0.25) is 5.91 Å². The second-order valence-corrected chi connectivity index (χ2v) is 8.05. The van der Waals surface area contributed by atoms with Crippen molar-refractivity contribution in [3.8, 4) is 22.8 Å². The summed E-state index contributed by atoms with van der Waals surface area (Å²) in [4.78, 5) is 24.1. The number of aromatic nitrogens is 3. The lowest BCUT2D eigenvalue weighted by molar-refractivity contribution is -0.113. The summed E-state index contributed by atoms with van der Waals surface area (Å²) in [5.74, 6) is 0.910. The van der Waals surface area contributed by atoms with E-state index in [1.807, 2.05) is 59.2 Å². The van der Waals surface area contributed by atoms with Gasteiger partial charge in [-0.25, -0.2) is 4.79 Å². The van der Waals surface area contributed by atoms with Gasteiger partial charge in [-0.15, -0.1) is 10.2 Å². The highest BCUT2D eigenvalue weighted by atomic mass is 32.2. The molecule has 9 heteroatoms. The van der Waals surface area contributed by atoms with Crippen LogP contribution in [0, 0.1) is 0 Å². The predicted octanol–water partition coefficient (Wildman–Crippen LogP) is 4.46. The Balaban J connectivity index is 1.52. The molecule has 0 fully saturated rings. The van der Waals surface area contributed by atoms with Gasteiger partial charge >= 0.3 is 5.97 Å². The van der Waals surface area contributed by atoms with E-state index in [1.54, 1.807) is 31.4 Å². The first-order chi connectivity index (χ1) is 16.6. The van der Waals surface area contributed by atoms with E-state index in [0.29, 0.717) is 22.2 Å². The van der Waals surface area contributed by atoms with Crippen molar-refractivity contribution >= 4 is 29.3 Å². The number of hydrogen-bond acceptors (Lipinski definition) is 7. The Morgan fingerprint density at radius 3 is 2.26 bits per heavy atom. The first kappa shape index (κ1) is 23.1. The van der Waals surface area contributed by atoms with Crippen molar-refractivity contribution in [2.24, 2.45) is 0 Å². The highest BCUT2D eigenvalue weighted by molar-refractivity contribution is 7.99. The molecule has 34 heavy (non-hydrogen) atoms. The average Bonchev–Trinajstić information content (AvgIpc) is 3.32. The van der Waals surface area contributed by atoms with Crippen LogP contribution in [0.3, 0.4) is 0 Å². The number of rotatable bonds is 8. The maximum atomic E-state index is 12.6. The third-order valence-corrected chi connectivity index (χ3v) is 5.85. The zero-order chi connectivity index (χ0) is 23.9. The van der Waals surface area contributed by atoms with Gasteiger partial charge in [0, 0.05) is 16.9 Å². The van der Waals surface area contributed by atoms with Gasteiger partial charge in [-0.1, -0.05) is 30.0 Å². The third-order valence-electron chi connectivity index (χ3n) is 4.92. The Hall–Kier alpha value is -4.11. The molecule has 0 aliphatic heterocycles. The Labute approximate surface area is 200 Å². The fourth-order valence-corrected chi connectivity index (χ4v) is 3.99. The molecular weight excluding hydrogens is 452 g/mol. The van der Waals surface area contributed by atoms with Gasteiger partial charge < -0.3 is 14.8 Å². The molecule has 0 aliphatic carbocycles. The Kier molecular flexibility index (Phi) is 7.24. The molecule has 0 aliphatic rings. The van der Waals surface area contributed by atoms with Crippen molar-refractivity contribution in [3.05, 3.63) is 84.4 Å². The van der Waals surface area contributed by atoms with Gasteiger partial charge in [-0.05, 0) is 60.7 Å². The van der Waals surface area contributed by atoms with Gasteiger partial charge in [-0.2, -0.15) is 0 Å². The van der Waals surface area contributed by atoms with Crippen molar-refractivity contribution < 1.29 is 19.1 Å². The molecule has 4 aromatic rings. The average molecular weight is 475 g/mol. The summed E-state index contributed by atoms with van der Waals surface area (Å²) in [5, 5.41) is 12.1. The van der Waals surface area contributed by atoms with E-state index >= 15 is 0 Å². The molecule has 3 aromatic carbocycles. The number of thioether (sulfide) groups is 1. The number of nitrogens with zero attached hydrogens (tertiary/aromatic N) is 3. The van der Waals surface area contributed by atoms with Crippen LogP contribution >= 0.6 is 11.8 Å². The van der Waals surface area contributed by atoms with Crippen LogP contribution in [-0.4, -0.2) is 46.6 Å². The van der Waals surface area contributed by atoms with Gasteiger partial charge in [0.05, 0.1) is 25.5 Å². The van der Waals surface area contributed by atoms with Crippen molar-refractivity contribution in [1.29, 1.82) is 0 Å². The summed E-state index contributed by atoms with van der Waals surface area (Å²) in [6.45, 7) is 0. The molecule has 0 unspecified atom stereocenters. The quantitative estimate of drug-likeness (QED) is 0.298. The summed E-state index contributed by atoms with van der Waals surface area (Å²) in [6, 6.07) is 23.8. The summed E-state index contributed by atoms with van der Waals surface area (Å²) < 4.78 is 11.9. The maximum Gasteiger partial charge on any atom is 0.337 e. The number of benzene rings is 3. The van der Waals surface area contributed by atoms with Crippen LogP contribution < -0.4 is 10.1 Å². The molecule has 0 bridgehead atoms. The first-order valence-corrected chi connectivity index (χ1v) is 11.3. The molecule has 1 N–H and O–H groups in total. The van der Waals surface area contributed by atoms with Crippen molar-refractivity contribution in [2.75, 3.05) is 25.3 Å². The topological polar surface area (TPSA) is 95.3 Å². The van der Waals surface area contributed by atoms with Crippen LogP contribution in [0.15, 0.2) is 84.0 Å². The minimum atomic E-state index is -0.429. The van der Waals surface area contributed by atoms with Crippen LogP contribution in [0.25, 0.3) is 17.1 Å². The molecule has 1 aromatic heterocycles. The summed E-state index contributed by atoms with van der Waals surface area (Å²) in [5.41, 5.74) is 2.76. The Bertz CT molecular complexity index is 1270. The SMILES string of the molecule is COC(=O)c1ccc(NC(=O)CSc2nnc(-c3ccc(OC)cc3)n2-c2ccccc2)cc1. The number of ether oxygens (including phenoxy) is 2. The molecule has 8 nitrogen and oxygen atoms in total. The van der Waals surface area contributed by atoms with Crippen LogP contribution in [-0.2, 0) is 9.53 Å². The first-order valence-electron chi connectivity index (χ1n) is 10.4. The van der Waals surface area contributed by atoms with Crippen LogP contribution in [0.1, 0.15) is 10.4 Å². The van der Waals surface area contributed by atoms with Crippen molar-refractivity contribution in [3.63, 3.8) is 0 Å². The fourth-order valence-electron chi connectivity index (χ4n) is 3.23. The molecule has 0 saturated heterocycles. The number of carbonyl (C=O) groups is 2. The smallest absolute Gasteiger partial charge is 0.337 e. The second kappa shape index (κ2) is 10.7. The fraction of sp³-hybridized carbons (Fsp3) is 0.120. The van der Waals surface area contributed by atoms with E-state index in [9.17, 15) is 9.59 Å². The van der Waals surface area contributed by atoms with Crippen LogP contribution in [0.4, 0.5) is 5.69 Å². The predicted molar refractivity (Wildman–Crippen MR) is 130 cm³/mol. The van der Waals surface area contributed by atoms with E-state index in [-0.39, 0.29) is 11.7 Å². The van der Waals surface area contributed by atoms with E-state index in [4.69, 9.17) is 4.74 Å². The number of methoxy groups -OCH3 is 2. The number of carbonyl (C=O) groups excluding carboxylic acids is 2. The normalized spacial score (nSPS) is 10.5. The molecule has 0 spiro atoms. The van der Waals surface area contributed by atoms with Crippen LogP contribution in [0.5, 0.6) is 5.75 Å². The summed E-state index contributed by atoms with van der Waals surface area (Å²) >= 11 is 1.28. The molecule has 0 atom stereocenters. The molecular formula is C25H22N4O4S. The number of hydrogen-bond donors (Lipinski definition) is 1. The van der Waals surface area contributed by atoms with Crippen LogP contribution in [0.2, 0.25) is 0 Å². The third kappa shape index (κ3) is 5.26. The number of para-hydroxylation sites is 1. The second-order valence-electron chi connectivity index (χ2n) is 7.11. The number of nitrogens with one attached hydrogen (secondary N) is 1. The van der Waals surface area contributed by atoms with E-state index in [2.05, 4.69) is 20.3 Å². The zero-order valence-electron chi connectivity index (χ0n) is 18.6. The standard InChI is InChI=1S/C25H22N4O4S/c1-32-21-14-10-17(11-15-21)23-27-28-25(29(23)20-6-4-3-5-7-20)34-16-22(30)26-19-12-8-18(9-13-19)24(31)33-2/h3-15H,16H2,1-2H3,(H,26,30). The van der Waals surface area contributed by atoms with Crippen molar-refractivity contribution in [2.45, 2.75) is 5.16 Å². The Morgan fingerprint density at radius 2 is 1.62 bits per heavy atom. The number of amides is 1. The lowest BCUT2D eigenvalue weighted by Crippen LogP contribution is -2.14. The molecule has 1 heterocycles. The summed E-state index contributed by atoms with van der Waals surface area (Å²) in [7, 11) is 2.94. The number of esters is 1. The van der Waals surface area contributed by atoms with E-state index in [1.165, 1.54) is 18.9 Å². The maximum absolute atomic E-state index is 12.6. The van der Waals surface area contributed by atoms with Gasteiger partial charge in [0.25, 0.3) is 0 Å². The Morgan fingerprint density at radius 1 is 0.912 bits per heavy atom. The monoisotopic (exact) mass is 474 g/mol. The van der Waals surface area contributed by atoms with Gasteiger partial charge in [-0.3, -0.25) is 9.36 Å². The van der Waals surface area contributed by atoms with Gasteiger partial charge in [0.15, 0.2) is 11.0 Å². The lowest BCUT2D eigenvalue weighted by Gasteiger charge is -2.11. The number of anilines is 1. The molecule has 4 rings (SSSR count). The molecule has 0 radical (unpaired) electrons. The minimum Gasteiger partial charge on any atom is -0.497 e. The highest BCUT2D eigenvalue weighted by Gasteiger charge is 2.17. The lowest BCUT2D eigenvalue weighted by atomic mass is 10.2. The molecule has 1 amide bonds. The van der Waals surface area contributed by atoms with Gasteiger partial charge in [0.1, 0.15) is 5.75 Å². The summed E-state index contributed by atoms with van der Waals surface area (Å²) in [6.07, 6.45) is 0. The van der Waals surface area contributed by atoms with E-state index < -0.39 is 5.97 Å². The van der Waals surface area contributed by atoms with Crippen molar-refractivity contribution in [1.82, 2.24) is 14.8 Å².